The second-order valence-electron chi connectivity index (χ2n) is 6.22. The summed E-state index contributed by atoms with van der Waals surface area (Å²) in [5, 5.41) is 6.84. The highest BCUT2D eigenvalue weighted by Gasteiger charge is 2.54. The Bertz CT molecular complexity index is 560. The van der Waals surface area contributed by atoms with Crippen molar-refractivity contribution in [2.45, 2.75) is 51.2 Å². The van der Waals surface area contributed by atoms with Crippen LogP contribution in [0.4, 0.5) is 0 Å². The van der Waals surface area contributed by atoms with E-state index in [2.05, 4.69) is 10.2 Å². The Morgan fingerprint density at radius 3 is 2.86 bits per heavy atom. The molecule has 1 aromatic rings. The van der Waals surface area contributed by atoms with Gasteiger partial charge in [-0.2, -0.15) is 5.10 Å². The molecule has 1 saturated carbocycles. The molecular formula is C15H21N3O3. The summed E-state index contributed by atoms with van der Waals surface area (Å²) in [5.41, 5.74) is 1.42. The summed E-state index contributed by atoms with van der Waals surface area (Å²) in [6, 6.07) is 0. The predicted molar refractivity (Wildman–Crippen MR) is 75.2 cm³/mol. The molecule has 1 atom stereocenters. The lowest BCUT2D eigenvalue weighted by molar-refractivity contribution is -0.151. The van der Waals surface area contributed by atoms with Crippen LogP contribution in [0.1, 0.15) is 43.4 Å². The first-order valence-corrected chi connectivity index (χ1v) is 7.47. The largest absolute Gasteiger partial charge is 0.458 e. The molecule has 1 aliphatic heterocycles. The van der Waals surface area contributed by atoms with Gasteiger partial charge in [-0.25, -0.2) is 0 Å². The van der Waals surface area contributed by atoms with E-state index in [1.165, 1.54) is 0 Å². The summed E-state index contributed by atoms with van der Waals surface area (Å²) < 4.78 is 5.55. The molecular weight excluding hydrogens is 270 g/mol. The zero-order chi connectivity index (χ0) is 15.0. The fourth-order valence-electron chi connectivity index (χ4n) is 3.56. The molecule has 2 fully saturated rings. The number of nitrogens with one attached hydrogen (secondary N) is 1. The van der Waals surface area contributed by atoms with Crippen molar-refractivity contribution in [2.24, 2.45) is 5.92 Å². The van der Waals surface area contributed by atoms with E-state index in [4.69, 9.17) is 4.74 Å². The number of rotatable bonds is 3. The van der Waals surface area contributed by atoms with Gasteiger partial charge >= 0.3 is 5.97 Å². The Morgan fingerprint density at radius 2 is 2.24 bits per heavy atom. The van der Waals surface area contributed by atoms with Gasteiger partial charge < -0.3 is 9.64 Å². The number of ether oxygens (including phenoxy) is 1. The van der Waals surface area contributed by atoms with Crippen LogP contribution in [0.15, 0.2) is 6.20 Å². The molecule has 1 amide bonds. The van der Waals surface area contributed by atoms with Gasteiger partial charge in [-0.3, -0.25) is 14.7 Å². The summed E-state index contributed by atoms with van der Waals surface area (Å²) in [4.78, 5) is 26.1. The molecule has 0 aromatic carbocycles. The molecule has 6 heteroatoms. The van der Waals surface area contributed by atoms with Crippen molar-refractivity contribution in [2.75, 3.05) is 7.05 Å². The minimum absolute atomic E-state index is 0.00310. The van der Waals surface area contributed by atoms with Gasteiger partial charge in [0.2, 0.25) is 5.91 Å². The fourth-order valence-corrected chi connectivity index (χ4v) is 3.56. The van der Waals surface area contributed by atoms with E-state index in [0.29, 0.717) is 6.54 Å². The molecule has 3 rings (SSSR count). The first kappa shape index (κ1) is 14.1. The molecule has 2 aliphatic rings. The summed E-state index contributed by atoms with van der Waals surface area (Å²) in [7, 11) is 1.78. The highest BCUT2D eigenvalue weighted by Crippen LogP contribution is 2.46. The highest BCUT2D eigenvalue weighted by atomic mass is 16.6. The molecule has 1 aromatic heterocycles. The number of esters is 1. The summed E-state index contributed by atoms with van der Waals surface area (Å²) >= 11 is 0. The van der Waals surface area contributed by atoms with Crippen molar-refractivity contribution in [3.63, 3.8) is 0 Å². The number of aromatic amines is 1. The summed E-state index contributed by atoms with van der Waals surface area (Å²) in [5.74, 6) is -0.559. The number of aryl methyl sites for hydroxylation is 1. The average Bonchev–Trinajstić information content (AvgIpc) is 3.13. The number of carbonyl (C=O) groups is 2. The minimum atomic E-state index is -0.534. The summed E-state index contributed by atoms with van der Waals surface area (Å²) in [6.45, 7) is 2.43. The van der Waals surface area contributed by atoms with Crippen LogP contribution in [0.25, 0.3) is 0 Å². The molecule has 1 saturated heterocycles. The Hall–Kier alpha value is -1.85. The number of H-pyrrole nitrogens is 1. The Morgan fingerprint density at radius 1 is 1.52 bits per heavy atom. The van der Waals surface area contributed by atoms with Crippen LogP contribution < -0.4 is 0 Å². The Kier molecular flexibility index (Phi) is 3.47. The number of hydrogen-bond donors (Lipinski definition) is 1. The topological polar surface area (TPSA) is 75.3 Å². The number of nitrogens with zero attached hydrogens (tertiary/aromatic N) is 2. The van der Waals surface area contributed by atoms with Crippen LogP contribution in [0.2, 0.25) is 0 Å². The Balaban J connectivity index is 1.74. The molecule has 0 bridgehead atoms. The maximum Gasteiger partial charge on any atom is 0.307 e. The first-order chi connectivity index (χ1) is 10.0. The lowest BCUT2D eigenvalue weighted by atomic mass is 9.84. The van der Waals surface area contributed by atoms with Crippen molar-refractivity contribution in [1.29, 1.82) is 0 Å². The number of aromatic nitrogens is 2. The van der Waals surface area contributed by atoms with Gasteiger partial charge in [-0.15, -0.1) is 0 Å². The number of carbonyl (C=O) groups excluding carboxylic acids is 2. The molecule has 1 spiro atoms. The molecule has 0 radical (unpaired) electrons. The maximum atomic E-state index is 12.8. The lowest BCUT2D eigenvalue weighted by Gasteiger charge is -2.30. The lowest BCUT2D eigenvalue weighted by Crippen LogP contribution is -2.43. The normalized spacial score (nSPS) is 23.5. The van der Waals surface area contributed by atoms with Crippen molar-refractivity contribution < 1.29 is 14.3 Å². The number of amides is 1. The maximum absolute atomic E-state index is 12.8. The van der Waals surface area contributed by atoms with Crippen LogP contribution in [-0.4, -0.2) is 39.6 Å². The third-order valence-electron chi connectivity index (χ3n) is 4.79. The second-order valence-corrected chi connectivity index (χ2v) is 6.22. The smallest absolute Gasteiger partial charge is 0.307 e. The first-order valence-electron chi connectivity index (χ1n) is 7.47. The average molecular weight is 291 g/mol. The van der Waals surface area contributed by atoms with Gasteiger partial charge in [0.05, 0.1) is 18.5 Å². The molecule has 1 aliphatic carbocycles. The van der Waals surface area contributed by atoms with Crippen LogP contribution in [-0.2, 0) is 20.9 Å². The van der Waals surface area contributed by atoms with Gasteiger partial charge in [0.25, 0.3) is 0 Å². The van der Waals surface area contributed by atoms with Gasteiger partial charge in [0.15, 0.2) is 0 Å². The van der Waals surface area contributed by atoms with E-state index in [1.807, 2.05) is 6.92 Å². The van der Waals surface area contributed by atoms with E-state index in [0.717, 1.165) is 36.9 Å². The van der Waals surface area contributed by atoms with E-state index in [9.17, 15) is 9.59 Å². The second kappa shape index (κ2) is 5.16. The zero-order valence-electron chi connectivity index (χ0n) is 12.5. The quantitative estimate of drug-likeness (QED) is 0.857. The van der Waals surface area contributed by atoms with Crippen LogP contribution in [0, 0.1) is 12.8 Å². The van der Waals surface area contributed by atoms with Crippen molar-refractivity contribution >= 4 is 11.9 Å². The van der Waals surface area contributed by atoms with Crippen molar-refractivity contribution in [1.82, 2.24) is 15.1 Å². The van der Waals surface area contributed by atoms with E-state index in [1.54, 1.807) is 18.1 Å². The van der Waals surface area contributed by atoms with Gasteiger partial charge in [0.1, 0.15) is 5.60 Å². The molecule has 2 heterocycles. The van der Waals surface area contributed by atoms with Gasteiger partial charge in [-0.05, 0) is 32.6 Å². The minimum Gasteiger partial charge on any atom is -0.458 e. The number of hydrogen-bond acceptors (Lipinski definition) is 4. The van der Waals surface area contributed by atoms with Crippen LogP contribution >= 0.6 is 0 Å². The SMILES string of the molecule is Cc1[nH]ncc1CN(C)C(=O)[C@H]1CC(=O)OC12CCCC2. The molecule has 0 unspecified atom stereocenters. The molecule has 6 nitrogen and oxygen atoms in total. The van der Waals surface area contributed by atoms with Crippen molar-refractivity contribution in [3.8, 4) is 0 Å². The van der Waals surface area contributed by atoms with E-state index in [-0.39, 0.29) is 24.2 Å². The van der Waals surface area contributed by atoms with Crippen LogP contribution in [0.5, 0.6) is 0 Å². The molecule has 21 heavy (non-hydrogen) atoms. The molecule has 1 N–H and O–H groups in total. The monoisotopic (exact) mass is 291 g/mol. The molecule has 114 valence electrons. The zero-order valence-corrected chi connectivity index (χ0v) is 12.5. The van der Waals surface area contributed by atoms with E-state index < -0.39 is 5.60 Å². The highest BCUT2D eigenvalue weighted by molar-refractivity contribution is 5.87. The van der Waals surface area contributed by atoms with Gasteiger partial charge in [-0.1, -0.05) is 0 Å². The fraction of sp³-hybridized carbons (Fsp3) is 0.667. The third-order valence-corrected chi connectivity index (χ3v) is 4.79. The van der Waals surface area contributed by atoms with Crippen molar-refractivity contribution in [3.05, 3.63) is 17.5 Å². The van der Waals surface area contributed by atoms with E-state index >= 15 is 0 Å². The third kappa shape index (κ3) is 2.43. The van der Waals surface area contributed by atoms with Gasteiger partial charge in [0, 0.05) is 24.8 Å². The summed E-state index contributed by atoms with van der Waals surface area (Å²) in [6.07, 6.45) is 5.64. The van der Waals surface area contributed by atoms with Crippen LogP contribution in [0.3, 0.4) is 0 Å². The predicted octanol–water partition coefficient (Wildman–Crippen LogP) is 1.55. The standard InChI is InChI=1S/C15H21N3O3/c1-10-11(8-16-17-10)9-18(2)14(20)12-7-13(19)21-15(12)5-3-4-6-15/h8,12H,3-7,9H2,1-2H3,(H,16,17)/t12-/m1/s1. The Labute approximate surface area is 123 Å².